The molecule has 2 unspecified atom stereocenters. The van der Waals surface area contributed by atoms with Crippen molar-refractivity contribution < 1.29 is 10.2 Å². The molecule has 3 nitrogen and oxygen atoms in total. The summed E-state index contributed by atoms with van der Waals surface area (Å²) in [5, 5.41) is 22.6. The Kier molecular flexibility index (Phi) is 6.11. The van der Waals surface area contributed by atoms with E-state index in [9.17, 15) is 10.2 Å². The van der Waals surface area contributed by atoms with Gasteiger partial charge in [0.2, 0.25) is 0 Å². The highest BCUT2D eigenvalue weighted by Crippen LogP contribution is 2.42. The number of nitrogens with zero attached hydrogens (tertiary/aromatic N) is 1. The van der Waals surface area contributed by atoms with Crippen LogP contribution in [0.5, 0.6) is 0 Å². The fourth-order valence-electron chi connectivity index (χ4n) is 4.02. The Morgan fingerprint density at radius 1 is 0.926 bits per heavy atom. The molecule has 2 aromatic rings. The first-order valence-electron chi connectivity index (χ1n) is 9.75. The molecule has 0 radical (unpaired) electrons. The molecule has 0 spiro atoms. The molecule has 0 aliphatic carbocycles. The van der Waals surface area contributed by atoms with Crippen LogP contribution >= 0.6 is 15.9 Å². The number of piperidine rings is 1. The Hall–Kier alpha value is -1.20. The van der Waals surface area contributed by atoms with E-state index in [2.05, 4.69) is 40.2 Å². The van der Waals surface area contributed by atoms with Gasteiger partial charge in [0.05, 0.1) is 0 Å². The molecule has 0 bridgehead atoms. The van der Waals surface area contributed by atoms with Gasteiger partial charge in [-0.15, -0.1) is 0 Å². The van der Waals surface area contributed by atoms with E-state index in [0.717, 1.165) is 47.1 Å². The molecule has 1 fully saturated rings. The van der Waals surface area contributed by atoms with Crippen LogP contribution in [0, 0.1) is 0 Å². The van der Waals surface area contributed by atoms with Crippen molar-refractivity contribution in [2.45, 2.75) is 57.3 Å². The van der Waals surface area contributed by atoms with E-state index in [1.54, 1.807) is 6.92 Å². The second-order valence-corrected chi connectivity index (χ2v) is 9.21. The Labute approximate surface area is 171 Å². The first-order valence-corrected chi connectivity index (χ1v) is 10.5. The van der Waals surface area contributed by atoms with Crippen molar-refractivity contribution >= 4 is 15.9 Å². The van der Waals surface area contributed by atoms with Crippen molar-refractivity contribution in [2.75, 3.05) is 13.1 Å². The minimum absolute atomic E-state index is 0.645. The molecule has 2 N–H and O–H groups in total. The molecule has 1 saturated heterocycles. The lowest BCUT2D eigenvalue weighted by atomic mass is 9.67. The van der Waals surface area contributed by atoms with Crippen LogP contribution in [0.15, 0.2) is 53.0 Å². The second-order valence-electron chi connectivity index (χ2n) is 8.30. The predicted octanol–water partition coefficient (Wildman–Crippen LogP) is 4.95. The van der Waals surface area contributed by atoms with Crippen LogP contribution in [0.2, 0.25) is 0 Å². The fourth-order valence-corrected chi connectivity index (χ4v) is 4.29. The van der Waals surface area contributed by atoms with Gasteiger partial charge in [-0.05, 0) is 48.6 Å². The summed E-state index contributed by atoms with van der Waals surface area (Å²) in [7, 11) is 0. The molecular formula is C23H30BrNO2. The highest BCUT2D eigenvalue weighted by Gasteiger charge is 2.49. The molecule has 2 atom stereocenters. The summed E-state index contributed by atoms with van der Waals surface area (Å²) in [5.74, 6) is 0. The number of aliphatic hydroxyl groups is 2. The number of halogens is 1. The minimum Gasteiger partial charge on any atom is -0.385 e. The molecule has 2 aromatic carbocycles. The van der Waals surface area contributed by atoms with E-state index in [-0.39, 0.29) is 0 Å². The quantitative estimate of drug-likeness (QED) is 0.703. The van der Waals surface area contributed by atoms with Gasteiger partial charge in [-0.3, -0.25) is 4.90 Å². The molecular weight excluding hydrogens is 402 g/mol. The maximum absolute atomic E-state index is 11.5. The van der Waals surface area contributed by atoms with Crippen molar-refractivity contribution in [1.82, 2.24) is 4.90 Å². The van der Waals surface area contributed by atoms with Gasteiger partial charge >= 0.3 is 0 Å². The summed E-state index contributed by atoms with van der Waals surface area (Å²) in [4.78, 5) is 2.02. The average molecular weight is 432 g/mol. The zero-order valence-electron chi connectivity index (χ0n) is 16.5. The van der Waals surface area contributed by atoms with Crippen LogP contribution in [-0.4, -0.2) is 40.0 Å². The third kappa shape index (κ3) is 4.00. The number of hydrogen-bond donors (Lipinski definition) is 2. The maximum atomic E-state index is 11.5. The van der Waals surface area contributed by atoms with Crippen LogP contribution in [0.1, 0.15) is 45.6 Å². The topological polar surface area (TPSA) is 43.7 Å². The van der Waals surface area contributed by atoms with E-state index < -0.39 is 17.2 Å². The van der Waals surface area contributed by atoms with Crippen molar-refractivity contribution in [3.63, 3.8) is 0 Å². The van der Waals surface area contributed by atoms with Gasteiger partial charge in [-0.1, -0.05) is 72.6 Å². The van der Waals surface area contributed by atoms with Gasteiger partial charge in [0, 0.05) is 23.0 Å². The van der Waals surface area contributed by atoms with Crippen molar-refractivity contribution in [3.05, 3.63) is 58.6 Å². The zero-order valence-corrected chi connectivity index (χ0v) is 18.0. The maximum Gasteiger partial charge on any atom is 0.137 e. The number of rotatable bonds is 5. The SMILES string of the molecule is CC(C)(c1ccccc1-c1ccc(Br)cc1)C(C)(O)C(O)N1CCCCC1. The molecule has 4 heteroatoms. The average Bonchev–Trinajstić information content (AvgIpc) is 2.68. The molecule has 1 aliphatic heterocycles. The monoisotopic (exact) mass is 431 g/mol. The van der Waals surface area contributed by atoms with Gasteiger partial charge in [0.15, 0.2) is 0 Å². The number of benzene rings is 2. The summed E-state index contributed by atoms with van der Waals surface area (Å²) >= 11 is 3.49. The van der Waals surface area contributed by atoms with Gasteiger partial charge in [-0.25, -0.2) is 0 Å². The normalized spacial score (nSPS) is 19.5. The number of likely N-dealkylation sites (tertiary alicyclic amines) is 1. The third-order valence-corrected chi connectivity index (χ3v) is 6.79. The smallest absolute Gasteiger partial charge is 0.137 e. The van der Waals surface area contributed by atoms with Crippen molar-refractivity contribution in [3.8, 4) is 11.1 Å². The molecule has 0 saturated carbocycles. The van der Waals surface area contributed by atoms with Crippen molar-refractivity contribution in [2.24, 2.45) is 0 Å². The molecule has 146 valence electrons. The fraction of sp³-hybridized carbons (Fsp3) is 0.478. The summed E-state index contributed by atoms with van der Waals surface area (Å²) in [6, 6.07) is 16.4. The first kappa shape index (κ1) is 20.5. The van der Waals surface area contributed by atoms with E-state index in [1.807, 2.05) is 43.0 Å². The highest BCUT2D eigenvalue weighted by molar-refractivity contribution is 9.10. The van der Waals surface area contributed by atoms with Crippen LogP contribution in [0.3, 0.4) is 0 Å². The zero-order chi connectivity index (χ0) is 19.7. The van der Waals surface area contributed by atoms with E-state index in [0.29, 0.717) is 0 Å². The number of hydrogen-bond acceptors (Lipinski definition) is 3. The summed E-state index contributed by atoms with van der Waals surface area (Å²) in [6.45, 7) is 7.49. The van der Waals surface area contributed by atoms with Gasteiger partial charge in [-0.2, -0.15) is 0 Å². The van der Waals surface area contributed by atoms with Crippen molar-refractivity contribution in [1.29, 1.82) is 0 Å². The summed E-state index contributed by atoms with van der Waals surface area (Å²) < 4.78 is 1.04. The Morgan fingerprint density at radius 2 is 1.52 bits per heavy atom. The molecule has 3 rings (SSSR count). The summed E-state index contributed by atoms with van der Waals surface area (Å²) in [5.41, 5.74) is 1.28. The van der Waals surface area contributed by atoms with E-state index in [4.69, 9.17) is 0 Å². The van der Waals surface area contributed by atoms with Crippen LogP contribution in [-0.2, 0) is 5.41 Å². The Morgan fingerprint density at radius 3 is 2.15 bits per heavy atom. The first-order chi connectivity index (χ1) is 12.7. The standard InChI is InChI=1S/C23H30BrNO2/c1-22(2,23(3,27)21(26)25-15-7-4-8-16-25)20-10-6-5-9-19(20)17-11-13-18(24)14-12-17/h5-6,9-14,21,26-27H,4,7-8,15-16H2,1-3H3. The minimum atomic E-state index is -1.30. The van der Waals surface area contributed by atoms with Crippen LogP contribution in [0.25, 0.3) is 11.1 Å². The molecule has 1 heterocycles. The molecule has 0 amide bonds. The Bertz CT molecular complexity index is 764. The predicted molar refractivity (Wildman–Crippen MR) is 115 cm³/mol. The van der Waals surface area contributed by atoms with Gasteiger partial charge in [0.1, 0.15) is 11.8 Å². The van der Waals surface area contributed by atoms with E-state index in [1.165, 1.54) is 6.42 Å². The lowest BCUT2D eigenvalue weighted by Gasteiger charge is -2.48. The van der Waals surface area contributed by atoms with E-state index >= 15 is 0 Å². The van der Waals surface area contributed by atoms with Gasteiger partial charge in [0.25, 0.3) is 0 Å². The summed E-state index contributed by atoms with van der Waals surface area (Å²) in [6.07, 6.45) is 2.44. The van der Waals surface area contributed by atoms with Gasteiger partial charge < -0.3 is 10.2 Å². The lowest BCUT2D eigenvalue weighted by molar-refractivity contribution is -0.174. The molecule has 27 heavy (non-hydrogen) atoms. The van der Waals surface area contributed by atoms with Crippen LogP contribution in [0.4, 0.5) is 0 Å². The number of aliphatic hydroxyl groups excluding tert-OH is 1. The molecule has 0 aromatic heterocycles. The van der Waals surface area contributed by atoms with Crippen LogP contribution < -0.4 is 0 Å². The third-order valence-electron chi connectivity index (χ3n) is 6.26. The second kappa shape index (κ2) is 8.04. The Balaban J connectivity index is 1.99. The lowest BCUT2D eigenvalue weighted by Crippen LogP contribution is -2.61. The molecule has 1 aliphatic rings. The highest BCUT2D eigenvalue weighted by atomic mass is 79.9. The largest absolute Gasteiger partial charge is 0.385 e.